The quantitative estimate of drug-likeness (QED) is 0.859. The molecule has 1 aromatic rings. The van der Waals surface area contributed by atoms with Crippen molar-refractivity contribution in [3.8, 4) is 0 Å². The molecule has 2 heterocycles. The summed E-state index contributed by atoms with van der Waals surface area (Å²) >= 11 is 1.59. The van der Waals surface area contributed by atoms with E-state index in [1.807, 2.05) is 6.92 Å². The van der Waals surface area contributed by atoms with E-state index in [4.69, 9.17) is 0 Å². The molecule has 1 unspecified atom stereocenters. The molecule has 3 rings (SSSR count). The summed E-state index contributed by atoms with van der Waals surface area (Å²) in [4.78, 5) is 3.54. The lowest BCUT2D eigenvalue weighted by molar-refractivity contribution is -0.150. The second kappa shape index (κ2) is 5.14. The average molecular weight is 306 g/mol. The second-order valence-corrected chi connectivity index (χ2v) is 6.57. The first-order chi connectivity index (χ1) is 9.42. The van der Waals surface area contributed by atoms with Gasteiger partial charge in [0.05, 0.1) is 6.54 Å². The van der Waals surface area contributed by atoms with Gasteiger partial charge in [-0.3, -0.25) is 4.90 Å². The molecule has 0 amide bonds. The van der Waals surface area contributed by atoms with E-state index in [0.29, 0.717) is 25.6 Å². The highest BCUT2D eigenvalue weighted by molar-refractivity contribution is 7.15. The Balaban J connectivity index is 1.60. The molecule has 20 heavy (non-hydrogen) atoms. The predicted molar refractivity (Wildman–Crippen MR) is 71.2 cm³/mol. The van der Waals surface area contributed by atoms with Crippen LogP contribution in [0.1, 0.15) is 30.7 Å². The lowest BCUT2D eigenvalue weighted by atomic mass is 10.2. The van der Waals surface area contributed by atoms with Crippen LogP contribution in [0, 0.1) is 0 Å². The van der Waals surface area contributed by atoms with Crippen LogP contribution in [0.3, 0.4) is 0 Å². The van der Waals surface area contributed by atoms with Gasteiger partial charge in [-0.1, -0.05) is 11.3 Å². The van der Waals surface area contributed by atoms with Gasteiger partial charge < -0.3 is 4.90 Å². The number of nitrogens with zero attached hydrogens (tertiary/aromatic N) is 4. The highest BCUT2D eigenvalue weighted by atomic mass is 32.1. The SMILES string of the molecule is CC1CN(c2nnc(C3CC3)s2)CCN1CC(F)(F)F. The van der Waals surface area contributed by atoms with E-state index in [2.05, 4.69) is 15.1 Å². The molecule has 2 fully saturated rings. The molecule has 0 N–H and O–H groups in total. The Morgan fingerprint density at radius 3 is 2.60 bits per heavy atom. The standard InChI is InChI=1S/C12H17F3N4S/c1-8-6-18(4-5-19(8)7-12(13,14)15)11-17-16-10(20-11)9-2-3-9/h8-9H,2-7H2,1H3. The number of alkyl halides is 3. The topological polar surface area (TPSA) is 32.3 Å². The molecule has 1 aliphatic heterocycles. The van der Waals surface area contributed by atoms with Gasteiger partial charge in [-0.15, -0.1) is 10.2 Å². The number of hydrogen-bond donors (Lipinski definition) is 0. The Labute approximate surface area is 119 Å². The van der Waals surface area contributed by atoms with Crippen LogP contribution in [-0.2, 0) is 0 Å². The van der Waals surface area contributed by atoms with Crippen molar-refractivity contribution in [1.82, 2.24) is 15.1 Å². The normalized spacial score (nSPS) is 25.2. The molecule has 1 saturated heterocycles. The van der Waals surface area contributed by atoms with Crippen LogP contribution in [0.15, 0.2) is 0 Å². The third-order valence-corrected chi connectivity index (χ3v) is 4.92. The zero-order valence-corrected chi connectivity index (χ0v) is 12.0. The van der Waals surface area contributed by atoms with Crippen molar-refractivity contribution in [3.05, 3.63) is 5.01 Å². The predicted octanol–water partition coefficient (Wildman–Crippen LogP) is 2.49. The third kappa shape index (κ3) is 3.22. The van der Waals surface area contributed by atoms with Gasteiger partial charge in [0.25, 0.3) is 0 Å². The lowest BCUT2D eigenvalue weighted by Crippen LogP contribution is -2.54. The van der Waals surface area contributed by atoms with Crippen LogP contribution in [0.4, 0.5) is 18.3 Å². The van der Waals surface area contributed by atoms with Crippen molar-refractivity contribution < 1.29 is 13.2 Å². The molecule has 112 valence electrons. The van der Waals surface area contributed by atoms with Gasteiger partial charge in [-0.05, 0) is 19.8 Å². The van der Waals surface area contributed by atoms with Crippen LogP contribution in [0.25, 0.3) is 0 Å². The molecule has 0 spiro atoms. The number of rotatable bonds is 3. The van der Waals surface area contributed by atoms with Crippen molar-refractivity contribution in [2.45, 2.75) is 37.9 Å². The second-order valence-electron chi connectivity index (χ2n) is 5.58. The van der Waals surface area contributed by atoms with E-state index >= 15 is 0 Å². The van der Waals surface area contributed by atoms with E-state index in [1.165, 1.54) is 17.7 Å². The fraction of sp³-hybridized carbons (Fsp3) is 0.833. The molecular formula is C12H17F3N4S. The number of piperazine rings is 1. The summed E-state index contributed by atoms with van der Waals surface area (Å²) in [5, 5.41) is 10.3. The van der Waals surface area contributed by atoms with Crippen molar-refractivity contribution in [3.63, 3.8) is 0 Å². The maximum atomic E-state index is 12.5. The van der Waals surface area contributed by atoms with Crippen molar-refractivity contribution >= 4 is 16.5 Å². The first-order valence-electron chi connectivity index (χ1n) is 6.81. The Morgan fingerprint density at radius 1 is 1.25 bits per heavy atom. The Morgan fingerprint density at radius 2 is 2.00 bits per heavy atom. The first-order valence-corrected chi connectivity index (χ1v) is 7.63. The van der Waals surface area contributed by atoms with Crippen molar-refractivity contribution in [2.24, 2.45) is 0 Å². The highest BCUT2D eigenvalue weighted by Gasteiger charge is 2.36. The summed E-state index contributed by atoms with van der Waals surface area (Å²) in [6.07, 6.45) is -1.76. The van der Waals surface area contributed by atoms with E-state index in [9.17, 15) is 13.2 Å². The van der Waals surface area contributed by atoms with Crippen LogP contribution >= 0.6 is 11.3 Å². The van der Waals surface area contributed by atoms with Gasteiger partial charge in [-0.2, -0.15) is 13.2 Å². The third-order valence-electron chi connectivity index (χ3n) is 3.77. The van der Waals surface area contributed by atoms with Crippen molar-refractivity contribution in [2.75, 3.05) is 31.1 Å². The lowest BCUT2D eigenvalue weighted by Gasteiger charge is -2.39. The summed E-state index contributed by atoms with van der Waals surface area (Å²) in [5.41, 5.74) is 0. The monoisotopic (exact) mass is 306 g/mol. The molecule has 1 atom stereocenters. The van der Waals surface area contributed by atoms with Crippen LogP contribution in [-0.4, -0.2) is 53.5 Å². The molecule has 0 radical (unpaired) electrons. The summed E-state index contributed by atoms with van der Waals surface area (Å²) in [5.74, 6) is 0.574. The van der Waals surface area contributed by atoms with E-state index in [-0.39, 0.29) is 6.04 Å². The molecule has 0 aromatic carbocycles. The van der Waals surface area contributed by atoms with Gasteiger partial charge in [0.1, 0.15) is 5.01 Å². The Kier molecular flexibility index (Phi) is 3.62. The average Bonchev–Trinajstić information content (AvgIpc) is 3.09. The number of anilines is 1. The number of hydrogen-bond acceptors (Lipinski definition) is 5. The molecule has 8 heteroatoms. The summed E-state index contributed by atoms with van der Waals surface area (Å²) in [6.45, 7) is 2.58. The van der Waals surface area contributed by atoms with Crippen LogP contribution in [0.5, 0.6) is 0 Å². The minimum absolute atomic E-state index is 0.126. The van der Waals surface area contributed by atoms with Crippen LogP contribution < -0.4 is 4.90 Å². The Hall–Kier alpha value is -0.890. The van der Waals surface area contributed by atoms with Crippen molar-refractivity contribution in [1.29, 1.82) is 0 Å². The zero-order chi connectivity index (χ0) is 14.3. The molecule has 1 aromatic heterocycles. The van der Waals surface area contributed by atoms with Gasteiger partial charge in [-0.25, -0.2) is 0 Å². The maximum Gasteiger partial charge on any atom is 0.401 e. The number of aromatic nitrogens is 2. The van der Waals surface area contributed by atoms with E-state index in [0.717, 1.165) is 10.1 Å². The smallest absolute Gasteiger partial charge is 0.344 e. The van der Waals surface area contributed by atoms with Gasteiger partial charge >= 0.3 is 6.18 Å². The molecule has 1 saturated carbocycles. The molecule has 2 aliphatic rings. The Bertz CT molecular complexity index is 472. The minimum Gasteiger partial charge on any atom is -0.344 e. The summed E-state index contributed by atoms with van der Waals surface area (Å²) in [7, 11) is 0. The highest BCUT2D eigenvalue weighted by Crippen LogP contribution is 2.42. The number of halogens is 3. The fourth-order valence-electron chi connectivity index (χ4n) is 2.48. The van der Waals surface area contributed by atoms with Gasteiger partial charge in [0, 0.05) is 31.6 Å². The van der Waals surface area contributed by atoms with E-state index < -0.39 is 12.7 Å². The van der Waals surface area contributed by atoms with E-state index in [1.54, 1.807) is 11.3 Å². The fourth-order valence-corrected chi connectivity index (χ4v) is 3.53. The van der Waals surface area contributed by atoms with Crippen LogP contribution in [0.2, 0.25) is 0 Å². The maximum absolute atomic E-state index is 12.5. The van der Waals surface area contributed by atoms with Gasteiger partial charge in [0.15, 0.2) is 0 Å². The summed E-state index contributed by atoms with van der Waals surface area (Å²) in [6, 6.07) is -0.126. The summed E-state index contributed by atoms with van der Waals surface area (Å²) < 4.78 is 37.4. The van der Waals surface area contributed by atoms with Gasteiger partial charge in [0.2, 0.25) is 5.13 Å². The largest absolute Gasteiger partial charge is 0.401 e. The zero-order valence-electron chi connectivity index (χ0n) is 11.2. The molecular weight excluding hydrogens is 289 g/mol. The molecule has 0 bridgehead atoms. The minimum atomic E-state index is -4.13. The molecule has 4 nitrogen and oxygen atoms in total. The first kappa shape index (κ1) is 14.1. The molecule has 1 aliphatic carbocycles.